The maximum absolute atomic E-state index is 12.4. The zero-order chi connectivity index (χ0) is 24.5. The van der Waals surface area contributed by atoms with Gasteiger partial charge in [-0.2, -0.15) is 0 Å². The maximum Gasteiger partial charge on any atom is 0.410 e. The Bertz CT molecular complexity index is 1040. The molecule has 0 bridgehead atoms. The summed E-state index contributed by atoms with van der Waals surface area (Å²) in [6, 6.07) is 0.146. The fourth-order valence-corrected chi connectivity index (χ4v) is 6.39. The zero-order valence-corrected chi connectivity index (χ0v) is 21.5. The van der Waals surface area contributed by atoms with E-state index in [1.807, 2.05) is 27.8 Å². The van der Waals surface area contributed by atoms with Crippen molar-refractivity contribution in [2.45, 2.75) is 102 Å². The molecule has 0 radical (unpaired) electrons. The van der Waals surface area contributed by atoms with E-state index in [-0.39, 0.29) is 30.1 Å². The molecular formula is C25H36N4O4S. The van der Waals surface area contributed by atoms with E-state index in [1.54, 1.807) is 22.6 Å². The van der Waals surface area contributed by atoms with Gasteiger partial charge in [-0.3, -0.25) is 4.79 Å². The third kappa shape index (κ3) is 5.62. The maximum atomic E-state index is 12.4. The topological polar surface area (TPSA) is 108 Å². The summed E-state index contributed by atoms with van der Waals surface area (Å²) in [4.78, 5) is 36.9. The Morgan fingerprint density at radius 2 is 1.91 bits per heavy atom. The van der Waals surface area contributed by atoms with E-state index in [1.165, 1.54) is 10.4 Å². The van der Waals surface area contributed by atoms with Gasteiger partial charge in [0.2, 0.25) is 11.8 Å². The number of ether oxygens (including phenoxy) is 2. The molecule has 2 aromatic heterocycles. The van der Waals surface area contributed by atoms with Gasteiger partial charge in [0.25, 0.3) is 0 Å². The lowest BCUT2D eigenvalue weighted by Gasteiger charge is -2.35. The standard InChI is InChI=1S/C25H36N4O4S/c1-25(2,3)33-24(31)29(4)16-9-11-17(12-10-16)32-22-21-20-15(8-13-19(26)30)6-5-7-18(20)34-23(21)28-14-27-22/h14-17H,5-13H2,1-4H3,(H2,26,30)/t15-,16?,17?/m1/s1. The molecule has 8 nitrogen and oxygen atoms in total. The molecule has 2 N–H and O–H groups in total. The lowest BCUT2D eigenvalue weighted by molar-refractivity contribution is -0.118. The van der Waals surface area contributed by atoms with Crippen LogP contribution in [0.15, 0.2) is 6.33 Å². The number of hydrogen-bond donors (Lipinski definition) is 1. The molecule has 1 saturated carbocycles. The number of carbonyl (C=O) groups is 2. The molecule has 4 rings (SSSR count). The third-order valence-electron chi connectivity index (χ3n) is 6.82. The molecule has 9 heteroatoms. The van der Waals surface area contributed by atoms with Crippen molar-refractivity contribution < 1.29 is 19.1 Å². The summed E-state index contributed by atoms with van der Waals surface area (Å²) in [5.74, 6) is 0.682. The second kappa shape index (κ2) is 10.1. The number of nitrogens with two attached hydrogens (primary N) is 1. The lowest BCUT2D eigenvalue weighted by atomic mass is 9.83. The van der Waals surface area contributed by atoms with Crippen molar-refractivity contribution in [2.24, 2.45) is 5.73 Å². The molecule has 0 aromatic carbocycles. The van der Waals surface area contributed by atoms with Crippen molar-refractivity contribution in [1.29, 1.82) is 0 Å². The van der Waals surface area contributed by atoms with E-state index in [9.17, 15) is 9.59 Å². The number of primary amides is 1. The van der Waals surface area contributed by atoms with E-state index in [2.05, 4.69) is 9.97 Å². The van der Waals surface area contributed by atoms with E-state index < -0.39 is 5.60 Å². The Balaban J connectivity index is 1.46. The first-order valence-electron chi connectivity index (χ1n) is 12.3. The van der Waals surface area contributed by atoms with Crippen LogP contribution in [0.5, 0.6) is 5.88 Å². The molecule has 2 heterocycles. The number of thiophene rings is 1. The summed E-state index contributed by atoms with van der Waals surface area (Å²) >= 11 is 1.72. The molecule has 2 aliphatic rings. The fraction of sp³-hybridized carbons (Fsp3) is 0.680. The van der Waals surface area contributed by atoms with Crippen LogP contribution in [0, 0.1) is 0 Å². The number of fused-ring (bicyclic) bond motifs is 3. The normalized spacial score (nSPS) is 22.8. The molecule has 2 aromatic rings. The molecule has 0 aliphatic heterocycles. The molecule has 0 spiro atoms. The van der Waals surface area contributed by atoms with Crippen molar-refractivity contribution >= 4 is 33.6 Å². The van der Waals surface area contributed by atoms with Crippen LogP contribution in [0.25, 0.3) is 10.2 Å². The molecule has 0 saturated heterocycles. The van der Waals surface area contributed by atoms with Gasteiger partial charge in [0.15, 0.2) is 0 Å². The zero-order valence-electron chi connectivity index (χ0n) is 20.6. The monoisotopic (exact) mass is 488 g/mol. The number of amides is 2. The third-order valence-corrected chi connectivity index (χ3v) is 8.00. The van der Waals surface area contributed by atoms with Crippen LogP contribution in [-0.4, -0.2) is 51.7 Å². The summed E-state index contributed by atoms with van der Waals surface area (Å²) in [5.41, 5.74) is 6.20. The lowest BCUT2D eigenvalue weighted by Crippen LogP contribution is -2.43. The van der Waals surface area contributed by atoms with Crippen molar-refractivity contribution in [1.82, 2.24) is 14.9 Å². The highest BCUT2D eigenvalue weighted by Gasteiger charge is 2.32. The minimum atomic E-state index is -0.501. The average Bonchev–Trinajstić information content (AvgIpc) is 3.16. The van der Waals surface area contributed by atoms with Crippen molar-refractivity contribution in [2.75, 3.05) is 7.05 Å². The minimum Gasteiger partial charge on any atom is -0.474 e. The number of nitrogens with zero attached hydrogens (tertiary/aromatic N) is 3. The van der Waals surface area contributed by atoms with Crippen LogP contribution in [0.1, 0.15) is 88.5 Å². The minimum absolute atomic E-state index is 0.0459. The molecule has 0 unspecified atom stereocenters. The molecule has 2 aliphatic carbocycles. The highest BCUT2D eigenvalue weighted by atomic mass is 32.1. The summed E-state index contributed by atoms with van der Waals surface area (Å²) < 4.78 is 12.0. The van der Waals surface area contributed by atoms with Gasteiger partial charge < -0.3 is 20.1 Å². The van der Waals surface area contributed by atoms with E-state index in [4.69, 9.17) is 15.2 Å². The molecule has 1 fully saturated rings. The summed E-state index contributed by atoms with van der Waals surface area (Å²) in [6.45, 7) is 5.65. The second-order valence-corrected chi connectivity index (χ2v) is 11.6. The van der Waals surface area contributed by atoms with Crippen LogP contribution in [0.3, 0.4) is 0 Å². The second-order valence-electron chi connectivity index (χ2n) is 10.5. The van der Waals surface area contributed by atoms with Crippen molar-refractivity contribution in [3.8, 4) is 5.88 Å². The Kier molecular flexibility index (Phi) is 7.31. The van der Waals surface area contributed by atoms with Gasteiger partial charge >= 0.3 is 6.09 Å². The van der Waals surface area contributed by atoms with Crippen LogP contribution >= 0.6 is 11.3 Å². The quantitative estimate of drug-likeness (QED) is 0.617. The van der Waals surface area contributed by atoms with Gasteiger partial charge in [-0.25, -0.2) is 14.8 Å². The van der Waals surface area contributed by atoms with Crippen molar-refractivity contribution in [3.63, 3.8) is 0 Å². The number of hydrogen-bond acceptors (Lipinski definition) is 7. The predicted octanol–water partition coefficient (Wildman–Crippen LogP) is 4.93. The first kappa shape index (κ1) is 24.7. The van der Waals surface area contributed by atoms with Gasteiger partial charge in [0, 0.05) is 24.4 Å². The SMILES string of the molecule is CN(C(=O)OC(C)(C)C)C1CCC(Oc2ncnc3sc4c(c23)[C@@H](CCC(N)=O)CCC4)CC1. The number of aryl methyl sites for hydroxylation is 1. The average molecular weight is 489 g/mol. The summed E-state index contributed by atoms with van der Waals surface area (Å²) in [7, 11) is 1.82. The number of carbonyl (C=O) groups excluding carboxylic acids is 2. The summed E-state index contributed by atoms with van der Waals surface area (Å²) in [6.07, 6.45) is 9.10. The fourth-order valence-electron chi connectivity index (χ4n) is 5.13. The smallest absolute Gasteiger partial charge is 0.410 e. The molecule has 2 amide bonds. The highest BCUT2D eigenvalue weighted by Crippen LogP contribution is 2.46. The molecule has 34 heavy (non-hydrogen) atoms. The van der Waals surface area contributed by atoms with Crippen LogP contribution in [-0.2, 0) is 16.0 Å². The van der Waals surface area contributed by atoms with Crippen molar-refractivity contribution in [3.05, 3.63) is 16.8 Å². The van der Waals surface area contributed by atoms with Crippen LogP contribution < -0.4 is 10.5 Å². The Morgan fingerprint density at radius 1 is 1.18 bits per heavy atom. The van der Waals surface area contributed by atoms with Gasteiger partial charge in [0.05, 0.1) is 5.39 Å². The number of aromatic nitrogens is 2. The Hall–Kier alpha value is -2.42. The highest BCUT2D eigenvalue weighted by molar-refractivity contribution is 7.18. The first-order chi connectivity index (χ1) is 16.1. The van der Waals surface area contributed by atoms with Gasteiger partial charge in [0.1, 0.15) is 22.9 Å². The Morgan fingerprint density at radius 3 is 2.59 bits per heavy atom. The van der Waals surface area contributed by atoms with Gasteiger partial charge in [-0.05, 0) is 83.6 Å². The Labute approximate surface area is 205 Å². The largest absolute Gasteiger partial charge is 0.474 e. The molecule has 1 atom stereocenters. The number of rotatable bonds is 6. The summed E-state index contributed by atoms with van der Waals surface area (Å²) in [5, 5.41) is 1.02. The van der Waals surface area contributed by atoms with E-state index in [0.717, 1.165) is 61.6 Å². The predicted molar refractivity (Wildman–Crippen MR) is 132 cm³/mol. The first-order valence-corrected chi connectivity index (χ1v) is 13.1. The molecule has 186 valence electrons. The van der Waals surface area contributed by atoms with E-state index >= 15 is 0 Å². The van der Waals surface area contributed by atoms with Gasteiger partial charge in [-0.1, -0.05) is 0 Å². The van der Waals surface area contributed by atoms with Gasteiger partial charge in [-0.15, -0.1) is 11.3 Å². The van der Waals surface area contributed by atoms with Crippen LogP contribution in [0.4, 0.5) is 4.79 Å². The molecular weight excluding hydrogens is 452 g/mol. The van der Waals surface area contributed by atoms with Crippen LogP contribution in [0.2, 0.25) is 0 Å². The van der Waals surface area contributed by atoms with E-state index in [0.29, 0.717) is 12.3 Å².